The quantitative estimate of drug-likeness (QED) is 0.143. The van der Waals surface area contributed by atoms with E-state index in [1.54, 1.807) is 24.3 Å². The van der Waals surface area contributed by atoms with E-state index in [4.69, 9.17) is 9.47 Å². The molecule has 0 heterocycles. The summed E-state index contributed by atoms with van der Waals surface area (Å²) in [6.45, 7) is 2.84. The maximum atomic E-state index is 11.7. The molecule has 0 saturated heterocycles. The van der Waals surface area contributed by atoms with E-state index >= 15 is 0 Å². The molecule has 0 aliphatic carbocycles. The molecule has 0 amide bonds. The molecule has 0 radical (unpaired) electrons. The van der Waals surface area contributed by atoms with E-state index in [9.17, 15) is 9.59 Å². The fourth-order valence-electron chi connectivity index (χ4n) is 3.32. The second kappa shape index (κ2) is 18.2. The summed E-state index contributed by atoms with van der Waals surface area (Å²) in [5, 5.41) is 0. The molecule has 0 aliphatic rings. The summed E-state index contributed by atoms with van der Waals surface area (Å²) in [7, 11) is 0. The average Bonchev–Trinajstić information content (AvgIpc) is 2.75. The van der Waals surface area contributed by atoms with Crippen LogP contribution >= 0.6 is 0 Å². The number of rotatable bonds is 19. The van der Waals surface area contributed by atoms with E-state index in [2.05, 4.69) is 6.92 Å². The third-order valence-electron chi connectivity index (χ3n) is 5.12. The SMILES string of the molecule is CCCCCCCCCCCCCCCC(=O)OCCOc1ccc(C=O)cc1. The van der Waals surface area contributed by atoms with Crippen molar-refractivity contribution in [1.82, 2.24) is 0 Å². The van der Waals surface area contributed by atoms with Gasteiger partial charge in [0.15, 0.2) is 0 Å². The van der Waals surface area contributed by atoms with Crippen LogP contribution in [0.1, 0.15) is 107 Å². The van der Waals surface area contributed by atoms with E-state index in [1.165, 1.54) is 70.6 Å². The number of hydrogen-bond acceptors (Lipinski definition) is 4. The normalized spacial score (nSPS) is 10.7. The Kier molecular flexibility index (Phi) is 15.8. The molecule has 1 rings (SSSR count). The Balaban J connectivity index is 1.83. The number of esters is 1. The number of unbranched alkanes of at least 4 members (excludes halogenated alkanes) is 12. The van der Waals surface area contributed by atoms with Crippen LogP contribution in [0.4, 0.5) is 0 Å². The lowest BCUT2D eigenvalue weighted by molar-refractivity contribution is -0.144. The molecule has 1 aromatic carbocycles. The minimum absolute atomic E-state index is 0.145. The van der Waals surface area contributed by atoms with Gasteiger partial charge in [0.25, 0.3) is 0 Å². The largest absolute Gasteiger partial charge is 0.490 e. The van der Waals surface area contributed by atoms with Gasteiger partial charge >= 0.3 is 5.97 Å². The van der Waals surface area contributed by atoms with Crippen LogP contribution in [0, 0.1) is 0 Å². The molecule has 4 nitrogen and oxygen atoms in total. The van der Waals surface area contributed by atoms with Crippen molar-refractivity contribution in [2.24, 2.45) is 0 Å². The first-order chi connectivity index (χ1) is 14.3. The highest BCUT2D eigenvalue weighted by Crippen LogP contribution is 2.13. The Labute approximate surface area is 177 Å². The van der Waals surface area contributed by atoms with Crippen molar-refractivity contribution in [3.63, 3.8) is 0 Å². The second-order valence-electron chi connectivity index (χ2n) is 7.75. The Morgan fingerprint density at radius 1 is 0.759 bits per heavy atom. The van der Waals surface area contributed by atoms with E-state index < -0.39 is 0 Å². The summed E-state index contributed by atoms with van der Waals surface area (Å²) in [5.74, 6) is 0.524. The van der Waals surface area contributed by atoms with Crippen LogP contribution in [-0.2, 0) is 9.53 Å². The van der Waals surface area contributed by atoms with E-state index in [-0.39, 0.29) is 12.6 Å². The van der Waals surface area contributed by atoms with Gasteiger partial charge < -0.3 is 9.47 Å². The molecular weight excluding hydrogens is 364 g/mol. The van der Waals surface area contributed by atoms with Gasteiger partial charge in [0, 0.05) is 12.0 Å². The maximum Gasteiger partial charge on any atom is 0.305 e. The Morgan fingerprint density at radius 3 is 1.79 bits per heavy atom. The summed E-state index contributed by atoms with van der Waals surface area (Å²) in [4.78, 5) is 22.3. The van der Waals surface area contributed by atoms with Crippen molar-refractivity contribution >= 4 is 12.3 Å². The number of ether oxygens (including phenoxy) is 2. The molecule has 4 heteroatoms. The molecule has 0 saturated carbocycles. The Bertz CT molecular complexity index is 524. The van der Waals surface area contributed by atoms with Gasteiger partial charge in [-0.25, -0.2) is 0 Å². The minimum atomic E-state index is -0.145. The monoisotopic (exact) mass is 404 g/mol. The van der Waals surface area contributed by atoms with Crippen molar-refractivity contribution in [3.8, 4) is 5.75 Å². The third-order valence-corrected chi connectivity index (χ3v) is 5.12. The predicted octanol–water partition coefficient (Wildman–Crippen LogP) is 6.90. The lowest BCUT2D eigenvalue weighted by Crippen LogP contribution is -2.12. The van der Waals surface area contributed by atoms with Gasteiger partial charge in [-0.2, -0.15) is 0 Å². The molecule has 0 N–H and O–H groups in total. The number of benzene rings is 1. The minimum Gasteiger partial charge on any atom is -0.490 e. The fraction of sp³-hybridized carbons (Fsp3) is 0.680. The van der Waals surface area contributed by atoms with Crippen molar-refractivity contribution in [3.05, 3.63) is 29.8 Å². The highest BCUT2D eigenvalue weighted by molar-refractivity contribution is 5.74. The van der Waals surface area contributed by atoms with E-state index in [0.717, 1.165) is 19.1 Å². The van der Waals surface area contributed by atoms with Gasteiger partial charge in [-0.05, 0) is 30.7 Å². The maximum absolute atomic E-state index is 11.7. The van der Waals surface area contributed by atoms with Gasteiger partial charge in [0.1, 0.15) is 25.2 Å². The molecule has 164 valence electrons. The summed E-state index contributed by atoms with van der Waals surface area (Å²) in [6.07, 6.45) is 18.2. The Morgan fingerprint density at radius 2 is 1.28 bits per heavy atom. The van der Waals surface area contributed by atoms with Crippen LogP contribution < -0.4 is 4.74 Å². The Hall–Kier alpha value is -1.84. The predicted molar refractivity (Wildman–Crippen MR) is 119 cm³/mol. The van der Waals surface area contributed by atoms with Crippen molar-refractivity contribution in [2.45, 2.75) is 96.8 Å². The van der Waals surface area contributed by atoms with Crippen molar-refractivity contribution in [2.75, 3.05) is 13.2 Å². The molecule has 1 aromatic rings. The van der Waals surface area contributed by atoms with Crippen LogP contribution in [0.25, 0.3) is 0 Å². The van der Waals surface area contributed by atoms with Gasteiger partial charge in [0.2, 0.25) is 0 Å². The highest BCUT2D eigenvalue weighted by Gasteiger charge is 2.03. The number of carbonyl (C=O) groups is 2. The summed E-state index contributed by atoms with van der Waals surface area (Å²) < 4.78 is 10.7. The number of carbonyl (C=O) groups excluding carboxylic acids is 2. The van der Waals surface area contributed by atoms with Crippen LogP contribution in [0.5, 0.6) is 5.75 Å². The molecule has 0 aliphatic heterocycles. The van der Waals surface area contributed by atoms with Gasteiger partial charge in [-0.1, -0.05) is 84.0 Å². The zero-order valence-corrected chi connectivity index (χ0v) is 18.3. The highest BCUT2D eigenvalue weighted by atomic mass is 16.6. The summed E-state index contributed by atoms with van der Waals surface area (Å²) in [5.41, 5.74) is 0.613. The zero-order valence-electron chi connectivity index (χ0n) is 18.3. The third kappa shape index (κ3) is 14.8. The van der Waals surface area contributed by atoms with Gasteiger partial charge in [-0.3, -0.25) is 9.59 Å². The van der Waals surface area contributed by atoms with E-state index in [0.29, 0.717) is 24.3 Å². The lowest BCUT2D eigenvalue weighted by atomic mass is 10.0. The van der Waals surface area contributed by atoms with Gasteiger partial charge in [0.05, 0.1) is 0 Å². The molecule has 0 bridgehead atoms. The zero-order chi connectivity index (χ0) is 21.0. The smallest absolute Gasteiger partial charge is 0.305 e. The van der Waals surface area contributed by atoms with Crippen LogP contribution in [-0.4, -0.2) is 25.5 Å². The fourth-order valence-corrected chi connectivity index (χ4v) is 3.32. The summed E-state index contributed by atoms with van der Waals surface area (Å²) in [6, 6.07) is 6.87. The van der Waals surface area contributed by atoms with Crippen LogP contribution in [0.3, 0.4) is 0 Å². The number of hydrogen-bond donors (Lipinski definition) is 0. The van der Waals surface area contributed by atoms with Gasteiger partial charge in [-0.15, -0.1) is 0 Å². The van der Waals surface area contributed by atoms with Crippen molar-refractivity contribution < 1.29 is 19.1 Å². The average molecular weight is 405 g/mol. The molecule has 0 fully saturated rings. The second-order valence-corrected chi connectivity index (χ2v) is 7.75. The molecule has 0 spiro atoms. The van der Waals surface area contributed by atoms with Crippen LogP contribution in [0.15, 0.2) is 24.3 Å². The summed E-state index contributed by atoms with van der Waals surface area (Å²) >= 11 is 0. The first-order valence-corrected chi connectivity index (χ1v) is 11.6. The molecule has 0 unspecified atom stereocenters. The first-order valence-electron chi connectivity index (χ1n) is 11.6. The standard InChI is InChI=1S/C25H40O4/c1-2-3-4-5-6-7-8-9-10-11-12-13-14-15-25(27)29-21-20-28-24-18-16-23(22-26)17-19-24/h16-19,22H,2-15,20-21H2,1H3. The topological polar surface area (TPSA) is 52.6 Å². The van der Waals surface area contributed by atoms with Crippen LogP contribution in [0.2, 0.25) is 0 Å². The molecular formula is C25H40O4. The lowest BCUT2D eigenvalue weighted by Gasteiger charge is -2.07. The first kappa shape index (κ1) is 25.2. The molecule has 29 heavy (non-hydrogen) atoms. The number of aldehydes is 1. The van der Waals surface area contributed by atoms with Crippen molar-refractivity contribution in [1.29, 1.82) is 0 Å². The molecule has 0 atom stereocenters. The molecule has 0 aromatic heterocycles. The van der Waals surface area contributed by atoms with E-state index in [1.807, 2.05) is 0 Å².